The van der Waals surface area contributed by atoms with Crippen molar-refractivity contribution in [1.82, 2.24) is 9.47 Å². The fourth-order valence-electron chi connectivity index (χ4n) is 3.44. The molecule has 0 spiro atoms. The lowest BCUT2D eigenvalue weighted by molar-refractivity contribution is 0.0720. The Morgan fingerprint density at radius 1 is 1.00 bits per heavy atom. The molecule has 0 saturated carbocycles. The van der Waals surface area contributed by atoms with E-state index in [0.717, 1.165) is 29.8 Å². The van der Waals surface area contributed by atoms with E-state index >= 15 is 0 Å². The molecular formula is C25H30N2O2. The quantitative estimate of drug-likeness (QED) is 0.490. The fraction of sp³-hybridized carbons (Fsp3) is 0.320. The third-order valence-corrected chi connectivity index (χ3v) is 5.24. The molecule has 0 saturated heterocycles. The van der Waals surface area contributed by atoms with Gasteiger partial charge in [-0.3, -0.25) is 4.79 Å². The van der Waals surface area contributed by atoms with Crippen LogP contribution in [0.4, 0.5) is 0 Å². The highest BCUT2D eigenvalue weighted by Gasteiger charge is 2.17. The third-order valence-electron chi connectivity index (χ3n) is 5.24. The minimum Gasteiger partial charge on any atom is -0.385 e. The topological polar surface area (TPSA) is 34.5 Å². The molecule has 0 radical (unpaired) electrons. The van der Waals surface area contributed by atoms with Crippen molar-refractivity contribution in [3.05, 3.63) is 94.8 Å². The first-order valence-electron chi connectivity index (χ1n) is 10.1. The maximum atomic E-state index is 13.2. The van der Waals surface area contributed by atoms with Crippen molar-refractivity contribution < 1.29 is 9.53 Å². The molecule has 0 N–H and O–H groups in total. The molecule has 0 atom stereocenters. The highest BCUT2D eigenvalue weighted by molar-refractivity contribution is 5.94. The number of hydrogen-bond donors (Lipinski definition) is 0. The molecule has 0 aliphatic carbocycles. The second-order valence-electron chi connectivity index (χ2n) is 7.49. The van der Waals surface area contributed by atoms with Crippen molar-refractivity contribution in [3.63, 3.8) is 0 Å². The average Bonchev–Trinajstić information content (AvgIpc) is 3.16. The summed E-state index contributed by atoms with van der Waals surface area (Å²) in [4.78, 5) is 15.1. The molecule has 29 heavy (non-hydrogen) atoms. The van der Waals surface area contributed by atoms with E-state index in [1.807, 2.05) is 36.1 Å². The number of carbonyl (C=O) groups excluding carboxylic acids is 1. The van der Waals surface area contributed by atoms with Gasteiger partial charge in [0.1, 0.15) is 0 Å². The number of benzene rings is 2. The van der Waals surface area contributed by atoms with E-state index in [4.69, 9.17) is 4.74 Å². The van der Waals surface area contributed by atoms with Gasteiger partial charge in [-0.1, -0.05) is 42.0 Å². The summed E-state index contributed by atoms with van der Waals surface area (Å²) in [5.41, 5.74) is 5.58. The highest BCUT2D eigenvalue weighted by Crippen LogP contribution is 2.16. The maximum Gasteiger partial charge on any atom is 0.254 e. The van der Waals surface area contributed by atoms with Crippen molar-refractivity contribution >= 4 is 5.91 Å². The lowest BCUT2D eigenvalue weighted by atomic mass is 10.1. The molecular weight excluding hydrogens is 360 g/mol. The number of aromatic nitrogens is 1. The molecule has 3 aromatic rings. The van der Waals surface area contributed by atoms with Gasteiger partial charge in [-0.2, -0.15) is 0 Å². The molecule has 0 bridgehead atoms. The van der Waals surface area contributed by atoms with Crippen LogP contribution >= 0.6 is 0 Å². The van der Waals surface area contributed by atoms with E-state index in [1.165, 1.54) is 11.1 Å². The first kappa shape index (κ1) is 20.9. The minimum atomic E-state index is 0.0599. The van der Waals surface area contributed by atoms with Gasteiger partial charge in [-0.25, -0.2) is 0 Å². The van der Waals surface area contributed by atoms with Gasteiger partial charge in [0, 0.05) is 44.3 Å². The number of rotatable bonds is 9. The highest BCUT2D eigenvalue weighted by atomic mass is 16.5. The number of hydrogen-bond acceptors (Lipinski definition) is 2. The molecule has 0 unspecified atom stereocenters. The second-order valence-corrected chi connectivity index (χ2v) is 7.49. The summed E-state index contributed by atoms with van der Waals surface area (Å²) in [5.74, 6) is 0.0599. The first-order valence-corrected chi connectivity index (χ1v) is 10.1. The standard InChI is InChI=1S/C25H30N2O2/c1-20-11-13-22(14-12-20)25(28)27(16-7-17-29-3)19-24-10-6-15-26(24)18-23-9-5-4-8-21(23)2/h4-6,8-15H,7,16-19H2,1-3H3. The molecule has 0 aliphatic rings. The minimum absolute atomic E-state index is 0.0599. The summed E-state index contributed by atoms with van der Waals surface area (Å²) in [6, 6.07) is 20.4. The molecule has 152 valence electrons. The van der Waals surface area contributed by atoms with Gasteiger partial charge in [0.15, 0.2) is 0 Å². The van der Waals surface area contributed by atoms with Crippen molar-refractivity contribution in [2.75, 3.05) is 20.3 Å². The number of amides is 1. The average molecular weight is 391 g/mol. The summed E-state index contributed by atoms with van der Waals surface area (Å²) in [7, 11) is 1.69. The van der Waals surface area contributed by atoms with Gasteiger partial charge in [0.25, 0.3) is 5.91 Å². The summed E-state index contributed by atoms with van der Waals surface area (Å²) >= 11 is 0. The summed E-state index contributed by atoms with van der Waals surface area (Å²) in [5, 5.41) is 0. The Morgan fingerprint density at radius 2 is 1.76 bits per heavy atom. The van der Waals surface area contributed by atoms with Gasteiger partial charge < -0.3 is 14.2 Å². The third kappa shape index (κ3) is 5.58. The molecule has 3 rings (SSSR count). The zero-order chi connectivity index (χ0) is 20.6. The van der Waals surface area contributed by atoms with Gasteiger partial charge in [-0.05, 0) is 55.7 Å². The number of ether oxygens (including phenoxy) is 1. The lowest BCUT2D eigenvalue weighted by Crippen LogP contribution is -2.33. The Hall–Kier alpha value is -2.85. The number of carbonyl (C=O) groups is 1. The van der Waals surface area contributed by atoms with Crippen LogP contribution in [-0.4, -0.2) is 35.6 Å². The SMILES string of the molecule is COCCCN(Cc1cccn1Cc1ccccc1C)C(=O)c1ccc(C)cc1. The van der Waals surface area contributed by atoms with E-state index in [1.54, 1.807) is 7.11 Å². The lowest BCUT2D eigenvalue weighted by Gasteiger charge is -2.24. The molecule has 1 amide bonds. The van der Waals surface area contributed by atoms with Crippen LogP contribution in [0.3, 0.4) is 0 Å². The largest absolute Gasteiger partial charge is 0.385 e. The molecule has 4 nitrogen and oxygen atoms in total. The molecule has 4 heteroatoms. The van der Waals surface area contributed by atoms with E-state index < -0.39 is 0 Å². The van der Waals surface area contributed by atoms with Crippen molar-refractivity contribution in [2.45, 2.75) is 33.4 Å². The maximum absolute atomic E-state index is 13.2. The molecule has 1 aromatic heterocycles. The van der Waals surface area contributed by atoms with Crippen molar-refractivity contribution in [3.8, 4) is 0 Å². The van der Waals surface area contributed by atoms with Crippen LogP contribution in [0.2, 0.25) is 0 Å². The normalized spacial score (nSPS) is 10.9. The van der Waals surface area contributed by atoms with Crippen LogP contribution in [0.25, 0.3) is 0 Å². The van der Waals surface area contributed by atoms with Crippen LogP contribution in [-0.2, 0) is 17.8 Å². The van der Waals surface area contributed by atoms with E-state index in [-0.39, 0.29) is 5.91 Å². The molecule has 0 aliphatic heterocycles. The second kappa shape index (κ2) is 10.1. The molecule has 1 heterocycles. The summed E-state index contributed by atoms with van der Waals surface area (Å²) in [6.07, 6.45) is 2.90. The van der Waals surface area contributed by atoms with Gasteiger partial charge in [0.2, 0.25) is 0 Å². The van der Waals surface area contributed by atoms with E-state index in [2.05, 4.69) is 54.1 Å². The van der Waals surface area contributed by atoms with E-state index in [9.17, 15) is 4.79 Å². The van der Waals surface area contributed by atoms with Gasteiger partial charge in [-0.15, -0.1) is 0 Å². The predicted octanol–water partition coefficient (Wildman–Crippen LogP) is 4.83. The Kier molecular flexibility index (Phi) is 7.25. The van der Waals surface area contributed by atoms with Gasteiger partial charge >= 0.3 is 0 Å². The Bertz CT molecular complexity index is 928. The van der Waals surface area contributed by atoms with Gasteiger partial charge in [0.05, 0.1) is 6.54 Å². The van der Waals surface area contributed by atoms with Crippen LogP contribution in [0.5, 0.6) is 0 Å². The van der Waals surface area contributed by atoms with Crippen LogP contribution in [0, 0.1) is 13.8 Å². The monoisotopic (exact) mass is 390 g/mol. The fourth-order valence-corrected chi connectivity index (χ4v) is 3.44. The Morgan fingerprint density at radius 3 is 2.48 bits per heavy atom. The number of aryl methyl sites for hydroxylation is 2. The Labute approximate surface area is 173 Å². The van der Waals surface area contributed by atoms with Crippen LogP contribution in [0.15, 0.2) is 66.9 Å². The van der Waals surface area contributed by atoms with Crippen LogP contribution < -0.4 is 0 Å². The molecule has 2 aromatic carbocycles. The van der Waals surface area contributed by atoms with E-state index in [0.29, 0.717) is 19.7 Å². The van der Waals surface area contributed by atoms with Crippen molar-refractivity contribution in [1.29, 1.82) is 0 Å². The molecule has 0 fully saturated rings. The predicted molar refractivity (Wildman–Crippen MR) is 117 cm³/mol. The zero-order valence-electron chi connectivity index (χ0n) is 17.6. The zero-order valence-corrected chi connectivity index (χ0v) is 17.6. The van der Waals surface area contributed by atoms with Crippen LogP contribution in [0.1, 0.15) is 39.2 Å². The van der Waals surface area contributed by atoms with Crippen molar-refractivity contribution in [2.24, 2.45) is 0 Å². The smallest absolute Gasteiger partial charge is 0.254 e. The first-order chi connectivity index (χ1) is 14.1. The number of nitrogens with zero attached hydrogens (tertiary/aromatic N) is 2. The summed E-state index contributed by atoms with van der Waals surface area (Å²) < 4.78 is 7.43. The number of methoxy groups -OCH3 is 1. The summed E-state index contributed by atoms with van der Waals surface area (Å²) in [6.45, 7) is 6.85. The Balaban J connectivity index is 1.79.